The van der Waals surface area contributed by atoms with Gasteiger partial charge in [-0.1, -0.05) is 33.1 Å². The maximum absolute atomic E-state index is 11.9. The van der Waals surface area contributed by atoms with Crippen LogP contribution in [0.3, 0.4) is 0 Å². The first-order chi connectivity index (χ1) is 9.06. The highest BCUT2D eigenvalue weighted by Crippen LogP contribution is 2.20. The van der Waals surface area contributed by atoms with Crippen LogP contribution in [0.15, 0.2) is 18.2 Å². The van der Waals surface area contributed by atoms with Gasteiger partial charge in [-0.05, 0) is 24.5 Å². The van der Waals surface area contributed by atoms with Crippen LogP contribution in [0.25, 0.3) is 0 Å². The van der Waals surface area contributed by atoms with Crippen LogP contribution in [0.1, 0.15) is 49.9 Å². The Morgan fingerprint density at radius 2 is 1.84 bits per heavy atom. The van der Waals surface area contributed by atoms with Crippen LogP contribution in [0, 0.1) is 5.92 Å². The highest BCUT2D eigenvalue weighted by atomic mass is 16.3. The van der Waals surface area contributed by atoms with Crippen molar-refractivity contribution in [1.29, 1.82) is 0 Å². The van der Waals surface area contributed by atoms with Crippen molar-refractivity contribution in [3.8, 4) is 11.5 Å². The summed E-state index contributed by atoms with van der Waals surface area (Å²) in [5.74, 6) is 0.00213. The number of amides is 1. The van der Waals surface area contributed by atoms with Crippen LogP contribution in [-0.2, 0) is 0 Å². The number of carbonyl (C=O) groups excluding carboxylic acids is 1. The van der Waals surface area contributed by atoms with Gasteiger partial charge in [0, 0.05) is 18.2 Å². The lowest BCUT2D eigenvalue weighted by molar-refractivity contribution is 0.0945. The van der Waals surface area contributed by atoms with Gasteiger partial charge in [-0.2, -0.15) is 0 Å². The summed E-state index contributed by atoms with van der Waals surface area (Å²) in [5.41, 5.74) is 0.280. The number of benzene rings is 1. The third-order valence-corrected chi connectivity index (χ3v) is 3.26. The van der Waals surface area contributed by atoms with E-state index in [4.69, 9.17) is 0 Å². The maximum atomic E-state index is 11.9. The number of nitrogens with one attached hydrogen (secondary N) is 1. The Balaban J connectivity index is 2.54. The SMILES string of the molecule is CCCCC(CC)CNC(=O)c1cc(O)cc(O)c1. The number of phenols is 2. The van der Waals surface area contributed by atoms with E-state index in [1.54, 1.807) is 0 Å². The molecule has 0 fully saturated rings. The van der Waals surface area contributed by atoms with Crippen LogP contribution >= 0.6 is 0 Å². The van der Waals surface area contributed by atoms with Gasteiger partial charge in [0.1, 0.15) is 11.5 Å². The molecule has 3 N–H and O–H groups in total. The molecule has 1 unspecified atom stereocenters. The zero-order valence-electron chi connectivity index (χ0n) is 11.6. The molecule has 0 bridgehead atoms. The minimum Gasteiger partial charge on any atom is -0.508 e. The molecule has 0 aliphatic rings. The van der Waals surface area contributed by atoms with E-state index in [9.17, 15) is 15.0 Å². The molecule has 0 heterocycles. The van der Waals surface area contributed by atoms with Crippen molar-refractivity contribution in [3.63, 3.8) is 0 Å². The van der Waals surface area contributed by atoms with Gasteiger partial charge in [0.05, 0.1) is 0 Å². The molecule has 1 aromatic rings. The highest BCUT2D eigenvalue weighted by molar-refractivity contribution is 5.95. The number of phenolic OH excluding ortho intramolecular Hbond substituents is 2. The minimum atomic E-state index is -0.263. The Morgan fingerprint density at radius 3 is 2.37 bits per heavy atom. The molecule has 1 aromatic carbocycles. The lowest BCUT2D eigenvalue weighted by Gasteiger charge is -2.15. The zero-order chi connectivity index (χ0) is 14.3. The number of hydrogen-bond donors (Lipinski definition) is 3. The van der Waals surface area contributed by atoms with E-state index in [2.05, 4.69) is 19.2 Å². The topological polar surface area (TPSA) is 69.6 Å². The number of hydrogen-bond acceptors (Lipinski definition) is 3. The molecule has 0 aliphatic carbocycles. The molecule has 0 saturated carbocycles. The van der Waals surface area contributed by atoms with Crippen molar-refractivity contribution in [2.45, 2.75) is 39.5 Å². The van der Waals surface area contributed by atoms with Crippen LogP contribution in [-0.4, -0.2) is 22.7 Å². The van der Waals surface area contributed by atoms with Crippen LogP contribution in [0.2, 0.25) is 0 Å². The summed E-state index contributed by atoms with van der Waals surface area (Å²) in [7, 11) is 0. The van der Waals surface area contributed by atoms with E-state index in [0.717, 1.165) is 19.3 Å². The average molecular weight is 265 g/mol. The summed E-state index contributed by atoms with van der Waals surface area (Å²) in [5, 5.41) is 21.5. The van der Waals surface area contributed by atoms with Crippen molar-refractivity contribution in [2.24, 2.45) is 5.92 Å². The summed E-state index contributed by atoms with van der Waals surface area (Å²) < 4.78 is 0. The minimum absolute atomic E-state index is 0.108. The van der Waals surface area contributed by atoms with Crippen molar-refractivity contribution >= 4 is 5.91 Å². The van der Waals surface area contributed by atoms with Crippen LogP contribution < -0.4 is 5.32 Å². The lowest BCUT2D eigenvalue weighted by Crippen LogP contribution is -2.29. The molecule has 1 rings (SSSR count). The van der Waals surface area contributed by atoms with Crippen LogP contribution in [0.4, 0.5) is 0 Å². The molecular formula is C15H23NO3. The van der Waals surface area contributed by atoms with Crippen molar-refractivity contribution < 1.29 is 15.0 Å². The van der Waals surface area contributed by atoms with Gasteiger partial charge in [0.2, 0.25) is 0 Å². The molecule has 0 spiro atoms. The molecule has 1 atom stereocenters. The highest BCUT2D eigenvalue weighted by Gasteiger charge is 2.11. The zero-order valence-corrected chi connectivity index (χ0v) is 11.6. The Bertz CT molecular complexity index is 398. The Morgan fingerprint density at radius 1 is 1.21 bits per heavy atom. The fourth-order valence-electron chi connectivity index (χ4n) is 2.01. The standard InChI is InChI=1S/C15H23NO3/c1-3-5-6-11(4-2)10-16-15(19)12-7-13(17)9-14(18)8-12/h7-9,11,17-18H,3-6,10H2,1-2H3,(H,16,19). The summed E-state index contributed by atoms with van der Waals surface area (Å²) in [4.78, 5) is 11.9. The first kappa shape index (κ1) is 15.3. The van der Waals surface area contributed by atoms with Gasteiger partial charge in [0.15, 0.2) is 0 Å². The van der Waals surface area contributed by atoms with Crippen molar-refractivity contribution in [1.82, 2.24) is 5.32 Å². The summed E-state index contributed by atoms with van der Waals surface area (Å²) in [6.45, 7) is 4.90. The first-order valence-corrected chi connectivity index (χ1v) is 6.88. The summed E-state index contributed by atoms with van der Waals surface area (Å²) in [6, 6.07) is 3.90. The molecule has 106 valence electrons. The van der Waals surface area contributed by atoms with Gasteiger partial charge < -0.3 is 15.5 Å². The second kappa shape index (κ2) is 7.67. The van der Waals surface area contributed by atoms with Gasteiger partial charge >= 0.3 is 0 Å². The first-order valence-electron chi connectivity index (χ1n) is 6.88. The van der Waals surface area contributed by atoms with E-state index in [1.807, 2.05) is 0 Å². The van der Waals surface area contributed by atoms with E-state index in [-0.39, 0.29) is 23.0 Å². The molecular weight excluding hydrogens is 242 g/mol. The van der Waals surface area contributed by atoms with Gasteiger partial charge in [-0.15, -0.1) is 0 Å². The normalized spacial score (nSPS) is 12.1. The number of carbonyl (C=O) groups is 1. The molecule has 0 saturated heterocycles. The molecule has 4 heteroatoms. The van der Waals surface area contributed by atoms with Gasteiger partial charge in [-0.25, -0.2) is 0 Å². The van der Waals surface area contributed by atoms with Crippen molar-refractivity contribution in [2.75, 3.05) is 6.54 Å². The Labute approximate surface area is 114 Å². The van der Waals surface area contributed by atoms with E-state index in [0.29, 0.717) is 12.5 Å². The molecule has 19 heavy (non-hydrogen) atoms. The monoisotopic (exact) mass is 265 g/mol. The number of aromatic hydroxyl groups is 2. The fraction of sp³-hybridized carbons (Fsp3) is 0.533. The number of unbranched alkanes of at least 4 members (excludes halogenated alkanes) is 1. The summed E-state index contributed by atoms with van der Waals surface area (Å²) >= 11 is 0. The molecule has 0 aliphatic heterocycles. The van der Waals surface area contributed by atoms with E-state index >= 15 is 0 Å². The Kier molecular flexibility index (Phi) is 6.19. The average Bonchev–Trinajstić information content (AvgIpc) is 2.37. The lowest BCUT2D eigenvalue weighted by atomic mass is 9.99. The van der Waals surface area contributed by atoms with Crippen LogP contribution in [0.5, 0.6) is 11.5 Å². The maximum Gasteiger partial charge on any atom is 0.251 e. The molecule has 1 amide bonds. The summed E-state index contributed by atoms with van der Waals surface area (Å²) in [6.07, 6.45) is 4.47. The third-order valence-electron chi connectivity index (χ3n) is 3.26. The van der Waals surface area contributed by atoms with Gasteiger partial charge in [-0.3, -0.25) is 4.79 Å². The van der Waals surface area contributed by atoms with Gasteiger partial charge in [0.25, 0.3) is 5.91 Å². The molecule has 4 nitrogen and oxygen atoms in total. The van der Waals surface area contributed by atoms with E-state index in [1.165, 1.54) is 24.6 Å². The largest absolute Gasteiger partial charge is 0.508 e. The van der Waals surface area contributed by atoms with E-state index < -0.39 is 0 Å². The molecule has 0 radical (unpaired) electrons. The van der Waals surface area contributed by atoms with Crippen molar-refractivity contribution in [3.05, 3.63) is 23.8 Å². The fourth-order valence-corrected chi connectivity index (χ4v) is 2.01. The smallest absolute Gasteiger partial charge is 0.251 e. The second-order valence-electron chi connectivity index (χ2n) is 4.86. The predicted molar refractivity (Wildman–Crippen MR) is 75.4 cm³/mol. The quantitative estimate of drug-likeness (QED) is 0.709. The predicted octanol–water partition coefficient (Wildman–Crippen LogP) is 3.04. The number of rotatable bonds is 7. The second-order valence-corrected chi connectivity index (χ2v) is 4.86. The molecule has 0 aromatic heterocycles. The third kappa shape index (κ3) is 5.20. The Hall–Kier alpha value is -1.71.